The summed E-state index contributed by atoms with van der Waals surface area (Å²) in [5.41, 5.74) is 2.54. The smallest absolute Gasteiger partial charge is 0.126 e. The number of hydrogen-bond donors (Lipinski definition) is 1. The highest BCUT2D eigenvalue weighted by atomic mass is 16.5. The van der Waals surface area contributed by atoms with E-state index in [-0.39, 0.29) is 0 Å². The van der Waals surface area contributed by atoms with Crippen LogP contribution >= 0.6 is 0 Å². The molecular weight excluding hydrogens is 238 g/mol. The molecule has 2 unspecified atom stereocenters. The summed E-state index contributed by atoms with van der Waals surface area (Å²) in [5.74, 6) is 1.08. The molecule has 1 aromatic carbocycles. The van der Waals surface area contributed by atoms with Gasteiger partial charge < -0.3 is 14.8 Å². The third kappa shape index (κ3) is 3.71. The fourth-order valence-corrected chi connectivity index (χ4v) is 2.66. The minimum atomic E-state index is 0.393. The quantitative estimate of drug-likeness (QED) is 0.884. The van der Waals surface area contributed by atoms with Crippen LogP contribution in [0.5, 0.6) is 5.75 Å². The van der Waals surface area contributed by atoms with E-state index < -0.39 is 0 Å². The first-order chi connectivity index (χ1) is 9.22. The lowest BCUT2D eigenvalue weighted by atomic mass is 9.99. The molecule has 2 atom stereocenters. The highest BCUT2D eigenvalue weighted by Crippen LogP contribution is 2.34. The summed E-state index contributed by atoms with van der Waals surface area (Å²) < 4.78 is 11.1. The first-order valence-corrected chi connectivity index (χ1v) is 7.19. The first kappa shape index (κ1) is 14.4. The summed E-state index contributed by atoms with van der Waals surface area (Å²) in [6.45, 7) is 5.97. The molecule has 0 saturated carbocycles. The van der Waals surface area contributed by atoms with Crippen LogP contribution in [0.4, 0.5) is 0 Å². The standard InChI is InChI=1S/C16H25NO2/c1-12-6-4-7-14-15(8-5-10-19-16(12)14)17-13(2)9-11-18-3/h4,6-7,13,15,17H,5,8-11H2,1-3H3. The van der Waals surface area contributed by atoms with Crippen LogP contribution in [-0.4, -0.2) is 26.4 Å². The van der Waals surface area contributed by atoms with Gasteiger partial charge in [-0.15, -0.1) is 0 Å². The Hall–Kier alpha value is -1.06. The SMILES string of the molecule is COCCC(C)NC1CCCOc2c(C)cccc21. The molecule has 19 heavy (non-hydrogen) atoms. The average Bonchev–Trinajstić information content (AvgIpc) is 2.60. The van der Waals surface area contributed by atoms with Gasteiger partial charge in [0.15, 0.2) is 0 Å². The molecule has 0 amide bonds. The fourth-order valence-electron chi connectivity index (χ4n) is 2.66. The minimum Gasteiger partial charge on any atom is -0.493 e. The van der Waals surface area contributed by atoms with Crippen molar-refractivity contribution in [3.05, 3.63) is 29.3 Å². The molecule has 1 aromatic rings. The van der Waals surface area contributed by atoms with E-state index in [1.807, 2.05) is 0 Å². The van der Waals surface area contributed by atoms with Crippen LogP contribution in [0.3, 0.4) is 0 Å². The molecule has 0 spiro atoms. The molecule has 3 nitrogen and oxygen atoms in total. The van der Waals surface area contributed by atoms with Crippen LogP contribution in [0.2, 0.25) is 0 Å². The second-order valence-electron chi connectivity index (χ2n) is 5.39. The van der Waals surface area contributed by atoms with Crippen LogP contribution in [0.25, 0.3) is 0 Å². The van der Waals surface area contributed by atoms with Gasteiger partial charge in [-0.3, -0.25) is 0 Å². The predicted octanol–water partition coefficient (Wildman–Crippen LogP) is 3.22. The van der Waals surface area contributed by atoms with Gasteiger partial charge in [0.05, 0.1) is 6.61 Å². The van der Waals surface area contributed by atoms with Gasteiger partial charge in [-0.05, 0) is 38.7 Å². The van der Waals surface area contributed by atoms with E-state index in [4.69, 9.17) is 9.47 Å². The normalized spacial score (nSPS) is 20.3. The van der Waals surface area contributed by atoms with Crippen molar-refractivity contribution in [2.45, 2.75) is 45.2 Å². The Bertz CT molecular complexity index is 406. The molecule has 0 bridgehead atoms. The maximum Gasteiger partial charge on any atom is 0.126 e. The summed E-state index contributed by atoms with van der Waals surface area (Å²) in [6, 6.07) is 7.28. The maximum atomic E-state index is 5.91. The maximum absolute atomic E-state index is 5.91. The molecule has 2 rings (SSSR count). The molecule has 0 radical (unpaired) electrons. The summed E-state index contributed by atoms with van der Waals surface area (Å²) >= 11 is 0. The van der Waals surface area contributed by atoms with E-state index >= 15 is 0 Å². The van der Waals surface area contributed by atoms with Crippen molar-refractivity contribution >= 4 is 0 Å². The highest BCUT2D eigenvalue weighted by molar-refractivity contribution is 5.43. The topological polar surface area (TPSA) is 30.5 Å². The van der Waals surface area contributed by atoms with Crippen LogP contribution in [-0.2, 0) is 4.74 Å². The molecule has 3 heteroatoms. The third-order valence-electron chi connectivity index (χ3n) is 3.74. The molecule has 0 saturated heterocycles. The Morgan fingerprint density at radius 1 is 1.47 bits per heavy atom. The molecule has 0 aromatic heterocycles. The van der Waals surface area contributed by atoms with Crippen LogP contribution in [0, 0.1) is 6.92 Å². The predicted molar refractivity (Wildman–Crippen MR) is 77.7 cm³/mol. The summed E-state index contributed by atoms with van der Waals surface area (Å²) in [6.07, 6.45) is 3.27. The second kappa shape index (κ2) is 6.92. The number of para-hydroxylation sites is 1. The van der Waals surface area contributed by atoms with E-state index in [0.29, 0.717) is 12.1 Å². The Morgan fingerprint density at radius 3 is 3.11 bits per heavy atom. The van der Waals surface area contributed by atoms with Crippen molar-refractivity contribution in [3.63, 3.8) is 0 Å². The van der Waals surface area contributed by atoms with Crippen LogP contribution in [0.15, 0.2) is 18.2 Å². The summed E-state index contributed by atoms with van der Waals surface area (Å²) in [4.78, 5) is 0. The number of ether oxygens (including phenoxy) is 2. The molecule has 1 aliphatic heterocycles. The Labute approximate surface area is 116 Å². The number of aryl methyl sites for hydroxylation is 1. The Balaban J connectivity index is 2.11. The van der Waals surface area contributed by atoms with Gasteiger partial charge in [0.1, 0.15) is 5.75 Å². The van der Waals surface area contributed by atoms with E-state index in [1.54, 1.807) is 7.11 Å². The average molecular weight is 263 g/mol. The lowest BCUT2D eigenvalue weighted by molar-refractivity contribution is 0.182. The van der Waals surface area contributed by atoms with Crippen LogP contribution in [0.1, 0.15) is 43.4 Å². The largest absolute Gasteiger partial charge is 0.493 e. The number of rotatable bonds is 5. The number of hydrogen-bond acceptors (Lipinski definition) is 3. The zero-order chi connectivity index (χ0) is 13.7. The third-order valence-corrected chi connectivity index (χ3v) is 3.74. The van der Waals surface area contributed by atoms with Gasteiger partial charge >= 0.3 is 0 Å². The fraction of sp³-hybridized carbons (Fsp3) is 0.625. The van der Waals surface area contributed by atoms with E-state index in [0.717, 1.165) is 38.2 Å². The van der Waals surface area contributed by atoms with Crippen molar-refractivity contribution in [1.29, 1.82) is 0 Å². The molecule has 0 aliphatic carbocycles. The zero-order valence-electron chi connectivity index (χ0n) is 12.2. The summed E-state index contributed by atoms with van der Waals surface area (Å²) in [7, 11) is 1.75. The first-order valence-electron chi connectivity index (χ1n) is 7.19. The van der Waals surface area contributed by atoms with Gasteiger partial charge in [0.2, 0.25) is 0 Å². The van der Waals surface area contributed by atoms with Crippen molar-refractivity contribution < 1.29 is 9.47 Å². The van der Waals surface area contributed by atoms with E-state index in [1.165, 1.54) is 11.1 Å². The lowest BCUT2D eigenvalue weighted by Gasteiger charge is -2.23. The van der Waals surface area contributed by atoms with Crippen molar-refractivity contribution in [1.82, 2.24) is 5.32 Å². The zero-order valence-corrected chi connectivity index (χ0v) is 12.2. The number of fused-ring (bicyclic) bond motifs is 1. The molecular formula is C16H25NO2. The second-order valence-corrected chi connectivity index (χ2v) is 5.39. The molecule has 1 aliphatic rings. The van der Waals surface area contributed by atoms with Gasteiger partial charge in [-0.25, -0.2) is 0 Å². The number of benzene rings is 1. The minimum absolute atomic E-state index is 0.393. The number of methoxy groups -OCH3 is 1. The summed E-state index contributed by atoms with van der Waals surface area (Å²) in [5, 5.41) is 3.72. The van der Waals surface area contributed by atoms with Crippen LogP contribution < -0.4 is 10.1 Å². The monoisotopic (exact) mass is 263 g/mol. The number of nitrogens with one attached hydrogen (secondary N) is 1. The Morgan fingerprint density at radius 2 is 2.32 bits per heavy atom. The molecule has 106 valence electrons. The Kier molecular flexibility index (Phi) is 5.23. The van der Waals surface area contributed by atoms with Gasteiger partial charge in [0.25, 0.3) is 0 Å². The van der Waals surface area contributed by atoms with E-state index in [9.17, 15) is 0 Å². The van der Waals surface area contributed by atoms with Gasteiger partial charge in [-0.1, -0.05) is 18.2 Å². The molecule has 1 heterocycles. The lowest BCUT2D eigenvalue weighted by Crippen LogP contribution is -2.31. The van der Waals surface area contributed by atoms with E-state index in [2.05, 4.69) is 37.4 Å². The van der Waals surface area contributed by atoms with Crippen molar-refractivity contribution in [2.75, 3.05) is 20.3 Å². The van der Waals surface area contributed by atoms with Crippen molar-refractivity contribution in [3.8, 4) is 5.75 Å². The molecule has 1 N–H and O–H groups in total. The highest BCUT2D eigenvalue weighted by Gasteiger charge is 2.21. The molecule has 0 fully saturated rings. The van der Waals surface area contributed by atoms with Gasteiger partial charge in [0, 0.05) is 31.4 Å². The van der Waals surface area contributed by atoms with Crippen molar-refractivity contribution in [2.24, 2.45) is 0 Å². The van der Waals surface area contributed by atoms with Gasteiger partial charge in [-0.2, -0.15) is 0 Å².